The van der Waals surface area contributed by atoms with Gasteiger partial charge in [0.2, 0.25) is 5.91 Å². The molecule has 0 aliphatic carbocycles. The summed E-state index contributed by atoms with van der Waals surface area (Å²) in [7, 11) is 0. The molecule has 1 amide bonds. The third-order valence-electron chi connectivity index (χ3n) is 2.73. The highest BCUT2D eigenvalue weighted by atomic mass is 127. The number of amides is 1. The van der Waals surface area contributed by atoms with Crippen molar-refractivity contribution in [2.45, 2.75) is 6.42 Å². The number of rotatable bonds is 3. The first-order valence-electron chi connectivity index (χ1n) is 5.24. The minimum atomic E-state index is 0.0216. The maximum Gasteiger partial charge on any atom is 0.227 e. The van der Waals surface area contributed by atoms with Crippen LogP contribution in [0.25, 0.3) is 10.4 Å². The summed E-state index contributed by atoms with van der Waals surface area (Å²) in [6.45, 7) is 0.891. The number of aromatic nitrogens is 1. The monoisotopic (exact) mass is 377 g/mol. The fourth-order valence-corrected chi connectivity index (χ4v) is 2.67. The van der Waals surface area contributed by atoms with Crippen LogP contribution in [-0.2, 0) is 4.79 Å². The van der Waals surface area contributed by atoms with Crippen molar-refractivity contribution in [2.24, 2.45) is 11.0 Å². The second kappa shape index (κ2) is 5.73. The van der Waals surface area contributed by atoms with E-state index in [4.69, 9.17) is 17.1 Å². The molecular weight excluding hydrogens is 369 g/mol. The number of hydrogen-bond donors (Lipinski definition) is 0. The van der Waals surface area contributed by atoms with Crippen molar-refractivity contribution in [3.8, 4) is 0 Å². The van der Waals surface area contributed by atoms with Gasteiger partial charge in [0.25, 0.3) is 0 Å². The van der Waals surface area contributed by atoms with Gasteiger partial charge in [-0.1, -0.05) is 16.7 Å². The summed E-state index contributed by atoms with van der Waals surface area (Å²) >= 11 is 8.01. The molecule has 1 aromatic heterocycles. The minimum Gasteiger partial charge on any atom is -0.311 e. The summed E-state index contributed by atoms with van der Waals surface area (Å²) in [5, 5.41) is 3.91. The summed E-state index contributed by atoms with van der Waals surface area (Å²) in [4.78, 5) is 20.3. The summed E-state index contributed by atoms with van der Waals surface area (Å²) in [6.07, 6.45) is 1.98. The van der Waals surface area contributed by atoms with Gasteiger partial charge >= 0.3 is 0 Å². The molecule has 2 rings (SSSR count). The van der Waals surface area contributed by atoms with Crippen LogP contribution in [0.4, 0.5) is 5.69 Å². The lowest BCUT2D eigenvalue weighted by Crippen LogP contribution is -2.25. The van der Waals surface area contributed by atoms with E-state index in [0.717, 1.165) is 9.26 Å². The number of azide groups is 1. The van der Waals surface area contributed by atoms with Gasteiger partial charge in [0.1, 0.15) is 5.15 Å². The molecule has 0 radical (unpaired) electrons. The first-order valence-corrected chi connectivity index (χ1v) is 6.70. The smallest absolute Gasteiger partial charge is 0.227 e. The molecule has 1 aliphatic rings. The van der Waals surface area contributed by atoms with E-state index in [1.807, 2.05) is 0 Å². The summed E-state index contributed by atoms with van der Waals surface area (Å²) in [5.74, 6) is 0.0875. The van der Waals surface area contributed by atoms with Gasteiger partial charge in [-0.3, -0.25) is 4.79 Å². The van der Waals surface area contributed by atoms with Crippen molar-refractivity contribution >= 4 is 45.8 Å². The molecule has 1 aromatic rings. The Morgan fingerprint density at radius 1 is 1.72 bits per heavy atom. The average Bonchev–Trinajstić information content (AvgIpc) is 2.71. The highest BCUT2D eigenvalue weighted by molar-refractivity contribution is 14.1. The summed E-state index contributed by atoms with van der Waals surface area (Å²) in [6, 6.07) is 1.77. The van der Waals surface area contributed by atoms with Crippen LogP contribution in [0.15, 0.2) is 17.4 Å². The van der Waals surface area contributed by atoms with Gasteiger partial charge in [-0.15, -0.1) is 0 Å². The van der Waals surface area contributed by atoms with E-state index in [1.54, 1.807) is 17.2 Å². The van der Waals surface area contributed by atoms with Gasteiger partial charge in [-0.05, 0) is 40.1 Å². The predicted octanol–water partition coefficient (Wildman–Crippen LogP) is 3.00. The molecule has 1 atom stereocenters. The summed E-state index contributed by atoms with van der Waals surface area (Å²) < 4.78 is 0.759. The number of halogens is 2. The van der Waals surface area contributed by atoms with E-state index in [-0.39, 0.29) is 11.8 Å². The zero-order valence-corrected chi connectivity index (χ0v) is 12.2. The van der Waals surface area contributed by atoms with Crippen LogP contribution in [-0.4, -0.2) is 24.0 Å². The molecule has 2 heterocycles. The predicted molar refractivity (Wildman–Crippen MR) is 76.4 cm³/mol. The van der Waals surface area contributed by atoms with Gasteiger partial charge < -0.3 is 4.90 Å². The SMILES string of the molecule is [N-]=[N+]=NCC1CC(=O)N(c2ccnc(Cl)c2I)C1. The van der Waals surface area contributed by atoms with E-state index in [2.05, 4.69) is 37.6 Å². The lowest BCUT2D eigenvalue weighted by atomic mass is 10.1. The lowest BCUT2D eigenvalue weighted by Gasteiger charge is -2.18. The van der Waals surface area contributed by atoms with Crippen LogP contribution in [0, 0.1) is 9.49 Å². The molecule has 0 N–H and O–H groups in total. The number of hydrogen-bond acceptors (Lipinski definition) is 3. The number of pyridine rings is 1. The minimum absolute atomic E-state index is 0.0216. The quantitative estimate of drug-likeness (QED) is 0.267. The maximum atomic E-state index is 11.9. The Morgan fingerprint density at radius 2 is 2.50 bits per heavy atom. The zero-order valence-electron chi connectivity index (χ0n) is 9.25. The van der Waals surface area contributed by atoms with Gasteiger partial charge in [-0.25, -0.2) is 4.98 Å². The molecule has 6 nitrogen and oxygen atoms in total. The fraction of sp³-hybridized carbons (Fsp3) is 0.400. The average molecular weight is 378 g/mol. The molecule has 1 aliphatic heterocycles. The molecule has 18 heavy (non-hydrogen) atoms. The van der Waals surface area contributed by atoms with Crippen molar-refractivity contribution in [3.05, 3.63) is 31.4 Å². The number of anilines is 1. The van der Waals surface area contributed by atoms with Crippen LogP contribution in [0.1, 0.15) is 6.42 Å². The first kappa shape index (κ1) is 13.4. The van der Waals surface area contributed by atoms with Crippen molar-refractivity contribution < 1.29 is 4.79 Å². The highest BCUT2D eigenvalue weighted by Gasteiger charge is 2.31. The first-order chi connectivity index (χ1) is 8.63. The van der Waals surface area contributed by atoms with E-state index in [1.165, 1.54) is 0 Å². The molecule has 1 saturated heterocycles. The molecule has 0 aromatic carbocycles. The van der Waals surface area contributed by atoms with Crippen LogP contribution in [0.2, 0.25) is 5.15 Å². The third-order valence-corrected chi connectivity index (χ3v) is 4.39. The topological polar surface area (TPSA) is 82.0 Å². The van der Waals surface area contributed by atoms with Crippen LogP contribution in [0.5, 0.6) is 0 Å². The van der Waals surface area contributed by atoms with E-state index >= 15 is 0 Å². The highest BCUT2D eigenvalue weighted by Crippen LogP contribution is 2.31. The number of nitrogens with zero attached hydrogens (tertiary/aromatic N) is 5. The van der Waals surface area contributed by atoms with Crippen molar-refractivity contribution in [1.29, 1.82) is 0 Å². The molecule has 8 heteroatoms. The maximum absolute atomic E-state index is 11.9. The van der Waals surface area contributed by atoms with Crippen LogP contribution in [0.3, 0.4) is 0 Å². The molecule has 1 unspecified atom stereocenters. The Balaban J connectivity index is 2.21. The Morgan fingerprint density at radius 3 is 3.22 bits per heavy atom. The van der Waals surface area contributed by atoms with Crippen LogP contribution < -0.4 is 4.90 Å². The number of carbonyl (C=O) groups excluding carboxylic acids is 1. The molecule has 0 spiro atoms. The Kier molecular flexibility index (Phi) is 4.26. The molecule has 1 fully saturated rings. The molecule has 0 bridgehead atoms. The van der Waals surface area contributed by atoms with E-state index in [0.29, 0.717) is 24.7 Å². The fourth-order valence-electron chi connectivity index (χ4n) is 1.91. The van der Waals surface area contributed by atoms with E-state index in [9.17, 15) is 4.79 Å². The molecule has 94 valence electrons. The molecular formula is C10H9ClIN5O. The van der Waals surface area contributed by atoms with Crippen LogP contribution >= 0.6 is 34.2 Å². The third kappa shape index (κ3) is 2.68. The van der Waals surface area contributed by atoms with Gasteiger partial charge in [0.05, 0.1) is 9.26 Å². The van der Waals surface area contributed by atoms with Gasteiger partial charge in [-0.2, -0.15) is 0 Å². The normalized spacial score (nSPS) is 18.9. The zero-order chi connectivity index (χ0) is 13.1. The van der Waals surface area contributed by atoms with E-state index < -0.39 is 0 Å². The Hall–Kier alpha value is -1.05. The summed E-state index contributed by atoms with van der Waals surface area (Å²) in [5.41, 5.74) is 9.06. The standard InChI is InChI=1S/C10H9ClIN5O/c11-10-9(12)7(1-2-14-10)17-5-6(3-8(17)18)4-15-16-13/h1-2,6H,3-5H2. The van der Waals surface area contributed by atoms with Crippen molar-refractivity contribution in [3.63, 3.8) is 0 Å². The number of carbonyl (C=O) groups is 1. The van der Waals surface area contributed by atoms with Gasteiger partial charge in [0, 0.05) is 30.6 Å². The second-order valence-electron chi connectivity index (χ2n) is 3.92. The Bertz CT molecular complexity index is 531. The lowest BCUT2D eigenvalue weighted by molar-refractivity contribution is -0.117. The second-order valence-corrected chi connectivity index (χ2v) is 5.36. The van der Waals surface area contributed by atoms with Gasteiger partial charge in [0.15, 0.2) is 0 Å². The molecule has 0 saturated carbocycles. The van der Waals surface area contributed by atoms with Crippen molar-refractivity contribution in [2.75, 3.05) is 18.0 Å². The van der Waals surface area contributed by atoms with Crippen molar-refractivity contribution in [1.82, 2.24) is 4.98 Å². The largest absolute Gasteiger partial charge is 0.311 e. The Labute approximate surface area is 122 Å².